The van der Waals surface area contributed by atoms with Gasteiger partial charge in [0.05, 0.1) is 29.7 Å². The maximum Gasteiger partial charge on any atom is 0.182 e. The highest BCUT2D eigenvalue weighted by Gasteiger charge is 2.31. The molecule has 7 nitrogen and oxygen atoms in total. The van der Waals surface area contributed by atoms with Crippen LogP contribution in [0.5, 0.6) is 0 Å². The van der Waals surface area contributed by atoms with Crippen molar-refractivity contribution < 1.29 is 13.5 Å². The molecule has 1 aromatic carbocycles. The lowest BCUT2D eigenvalue weighted by molar-refractivity contribution is 0.00396. The Hall–Kier alpha value is -3.33. The zero-order chi connectivity index (χ0) is 24.3. The van der Waals surface area contributed by atoms with Gasteiger partial charge in [0.15, 0.2) is 5.65 Å². The van der Waals surface area contributed by atoms with E-state index in [1.54, 1.807) is 0 Å². The molecule has 6 rings (SSSR count). The molecule has 4 aromatic rings. The molecule has 0 N–H and O–H groups in total. The molecule has 0 radical (unpaired) electrons. The van der Waals surface area contributed by atoms with Gasteiger partial charge >= 0.3 is 0 Å². The Morgan fingerprint density at radius 1 is 0.943 bits per heavy atom. The van der Waals surface area contributed by atoms with Crippen molar-refractivity contribution >= 4 is 11.2 Å². The van der Waals surface area contributed by atoms with Gasteiger partial charge in [0.2, 0.25) is 0 Å². The molecule has 1 aliphatic carbocycles. The van der Waals surface area contributed by atoms with Crippen LogP contribution in [0.2, 0.25) is 0 Å². The van der Waals surface area contributed by atoms with E-state index < -0.39 is 11.6 Å². The number of halogens is 2. The average molecular weight is 477 g/mol. The van der Waals surface area contributed by atoms with Crippen LogP contribution >= 0.6 is 0 Å². The van der Waals surface area contributed by atoms with Crippen molar-refractivity contribution in [2.24, 2.45) is 0 Å². The maximum absolute atomic E-state index is 15.0. The second-order valence-corrected chi connectivity index (χ2v) is 9.64. The number of hydrogen-bond acceptors (Lipinski definition) is 6. The van der Waals surface area contributed by atoms with E-state index in [1.165, 1.54) is 31.9 Å². The molecule has 0 amide bonds. The fourth-order valence-corrected chi connectivity index (χ4v) is 4.65. The van der Waals surface area contributed by atoms with Crippen molar-refractivity contribution in [3.05, 3.63) is 64.5 Å². The van der Waals surface area contributed by atoms with Crippen LogP contribution in [-0.2, 0) is 4.74 Å². The second-order valence-electron chi connectivity index (χ2n) is 9.64. The Kier molecular flexibility index (Phi) is 5.32. The zero-order valence-corrected chi connectivity index (χ0v) is 19.9. The van der Waals surface area contributed by atoms with Crippen LogP contribution in [0, 0.1) is 32.4 Å². The van der Waals surface area contributed by atoms with Gasteiger partial charge in [-0.3, -0.25) is 4.68 Å². The van der Waals surface area contributed by atoms with Crippen molar-refractivity contribution in [3.63, 3.8) is 0 Å². The summed E-state index contributed by atoms with van der Waals surface area (Å²) in [6.45, 7) is 5.77. The highest BCUT2D eigenvalue weighted by molar-refractivity contribution is 5.87. The number of aryl methyl sites for hydroxylation is 3. The average Bonchev–Trinajstić information content (AvgIpc) is 3.58. The number of rotatable bonds is 4. The summed E-state index contributed by atoms with van der Waals surface area (Å²) in [6.07, 6.45) is 7.55. The summed E-state index contributed by atoms with van der Waals surface area (Å²) >= 11 is 0. The van der Waals surface area contributed by atoms with Gasteiger partial charge in [0.25, 0.3) is 0 Å². The van der Waals surface area contributed by atoms with Gasteiger partial charge in [-0.15, -0.1) is 0 Å². The van der Waals surface area contributed by atoms with Crippen LogP contribution in [0.15, 0.2) is 24.5 Å². The molecule has 0 spiro atoms. The fraction of sp³-hybridized carbons (Fsp3) is 0.423. The monoisotopic (exact) mass is 476 g/mol. The molecule has 2 atom stereocenters. The van der Waals surface area contributed by atoms with Crippen molar-refractivity contribution in [2.45, 2.75) is 64.5 Å². The molecule has 1 saturated carbocycles. The number of hydrogen-bond donors (Lipinski definition) is 0. The first kappa shape index (κ1) is 22.2. The summed E-state index contributed by atoms with van der Waals surface area (Å²) in [7, 11) is 0. The van der Waals surface area contributed by atoms with Crippen molar-refractivity contribution in [1.82, 2.24) is 29.7 Å². The number of benzene rings is 1. The van der Waals surface area contributed by atoms with Gasteiger partial charge in [-0.25, -0.2) is 28.7 Å². The summed E-state index contributed by atoms with van der Waals surface area (Å²) in [5.74, 6) is -0.520. The summed E-state index contributed by atoms with van der Waals surface area (Å²) in [5, 5.41) is 4.50. The normalized spacial score (nSPS) is 20.5. The number of aromatic nitrogens is 6. The van der Waals surface area contributed by atoms with E-state index >= 15 is 4.39 Å². The molecule has 4 heterocycles. The Morgan fingerprint density at radius 2 is 1.74 bits per heavy atom. The van der Waals surface area contributed by atoms with Gasteiger partial charge in [0, 0.05) is 29.8 Å². The van der Waals surface area contributed by atoms with Crippen molar-refractivity contribution in [1.29, 1.82) is 0 Å². The molecule has 2 aliphatic rings. The SMILES string of the molecule is Cc1cc(F)c(-c2nc(C3CCO[C@@H](c4cnn(C5CC5)c4)C3)nc3nc(C)c(C)nc23)cc1F. The van der Waals surface area contributed by atoms with Crippen molar-refractivity contribution in [3.8, 4) is 11.3 Å². The number of ether oxygens (including phenoxy) is 1. The molecule has 1 saturated heterocycles. The first-order chi connectivity index (χ1) is 16.9. The van der Waals surface area contributed by atoms with E-state index in [1.807, 2.05) is 24.7 Å². The summed E-state index contributed by atoms with van der Waals surface area (Å²) in [4.78, 5) is 18.7. The Morgan fingerprint density at radius 3 is 2.54 bits per heavy atom. The van der Waals surface area contributed by atoms with Crippen molar-refractivity contribution in [2.75, 3.05) is 6.61 Å². The minimum Gasteiger partial charge on any atom is -0.373 e. The first-order valence-corrected chi connectivity index (χ1v) is 12.0. The highest BCUT2D eigenvalue weighted by Crippen LogP contribution is 2.40. The van der Waals surface area contributed by atoms with Gasteiger partial charge in [0.1, 0.15) is 28.7 Å². The quantitative estimate of drug-likeness (QED) is 0.389. The Labute approximate surface area is 201 Å². The maximum atomic E-state index is 15.0. The summed E-state index contributed by atoms with van der Waals surface area (Å²) in [6, 6.07) is 2.88. The van der Waals surface area contributed by atoms with Gasteiger partial charge in [-0.2, -0.15) is 5.10 Å². The lowest BCUT2D eigenvalue weighted by Gasteiger charge is -2.28. The molecular weight excluding hydrogens is 450 g/mol. The van der Waals surface area contributed by atoms with Gasteiger partial charge in [-0.05, 0) is 64.2 Å². The predicted octanol–water partition coefficient (Wildman–Crippen LogP) is 5.46. The van der Waals surface area contributed by atoms with E-state index in [2.05, 4.69) is 21.3 Å². The zero-order valence-electron chi connectivity index (χ0n) is 19.9. The topological polar surface area (TPSA) is 78.6 Å². The van der Waals surface area contributed by atoms with Crippen LogP contribution < -0.4 is 0 Å². The standard InChI is InChI=1S/C26H26F2N6O/c1-13-8-21(28)19(10-20(13)27)23-24-26(31-15(3)14(2)30-24)33-25(32-23)16-6-7-35-22(9-16)17-11-29-34(12-17)18-4-5-18/h8,10-12,16,18,22H,4-7,9H2,1-3H3/t16?,22-/m1/s1. The largest absolute Gasteiger partial charge is 0.373 e. The first-order valence-electron chi connectivity index (χ1n) is 12.0. The summed E-state index contributed by atoms with van der Waals surface area (Å²) < 4.78 is 37.6. The molecule has 180 valence electrons. The molecule has 2 fully saturated rings. The molecule has 1 unspecified atom stereocenters. The molecule has 35 heavy (non-hydrogen) atoms. The smallest absolute Gasteiger partial charge is 0.182 e. The third-order valence-corrected chi connectivity index (χ3v) is 7.03. The van der Waals surface area contributed by atoms with Crippen LogP contribution in [0.4, 0.5) is 8.78 Å². The Bertz CT molecular complexity index is 1450. The van der Waals surface area contributed by atoms with E-state index in [0.717, 1.165) is 17.7 Å². The summed E-state index contributed by atoms with van der Waals surface area (Å²) in [5.41, 5.74) is 3.80. The molecule has 3 aromatic heterocycles. The van der Waals surface area contributed by atoms with E-state index in [0.29, 0.717) is 41.8 Å². The van der Waals surface area contributed by atoms with Crippen LogP contribution in [-0.4, -0.2) is 36.3 Å². The lowest BCUT2D eigenvalue weighted by atomic mass is 9.92. The molecular formula is C26H26F2N6O. The van der Waals surface area contributed by atoms with Crippen LogP contribution in [0.25, 0.3) is 22.4 Å². The lowest BCUT2D eigenvalue weighted by Crippen LogP contribution is -2.20. The molecule has 0 bridgehead atoms. The third kappa shape index (κ3) is 4.07. The predicted molar refractivity (Wildman–Crippen MR) is 126 cm³/mol. The highest BCUT2D eigenvalue weighted by atomic mass is 19.1. The third-order valence-electron chi connectivity index (χ3n) is 7.03. The van der Waals surface area contributed by atoms with E-state index in [4.69, 9.17) is 14.7 Å². The minimum absolute atomic E-state index is 0.0251. The Balaban J connectivity index is 1.43. The van der Waals surface area contributed by atoms with E-state index in [9.17, 15) is 4.39 Å². The molecule has 9 heteroatoms. The number of nitrogens with zero attached hydrogens (tertiary/aromatic N) is 6. The second kappa shape index (κ2) is 8.41. The van der Waals surface area contributed by atoms with Gasteiger partial charge in [-0.1, -0.05) is 0 Å². The van der Waals surface area contributed by atoms with Crippen LogP contribution in [0.1, 0.15) is 72.1 Å². The van der Waals surface area contributed by atoms with Crippen LogP contribution in [0.3, 0.4) is 0 Å². The van der Waals surface area contributed by atoms with E-state index in [-0.39, 0.29) is 28.8 Å². The van der Waals surface area contributed by atoms with Gasteiger partial charge < -0.3 is 4.74 Å². The number of fused-ring (bicyclic) bond motifs is 1. The molecule has 1 aliphatic heterocycles. The fourth-order valence-electron chi connectivity index (χ4n) is 4.65. The minimum atomic E-state index is -0.549.